The third kappa shape index (κ3) is 3.67. The number of hydrogen-bond acceptors (Lipinski definition) is 3. The zero-order valence-corrected chi connectivity index (χ0v) is 11.8. The van der Waals surface area contributed by atoms with Crippen LogP contribution in [-0.2, 0) is 4.79 Å². The quantitative estimate of drug-likeness (QED) is 0.852. The van der Waals surface area contributed by atoms with Gasteiger partial charge in [-0.15, -0.1) is 11.3 Å². The first kappa shape index (κ1) is 13.3. The molecule has 98 valence electrons. The van der Waals surface area contributed by atoms with E-state index >= 15 is 0 Å². The van der Waals surface area contributed by atoms with Crippen LogP contribution in [0.25, 0.3) is 6.08 Å². The van der Waals surface area contributed by atoms with E-state index < -0.39 is 0 Å². The molecule has 0 spiro atoms. The van der Waals surface area contributed by atoms with Gasteiger partial charge < -0.3 is 5.32 Å². The van der Waals surface area contributed by atoms with E-state index in [0.717, 1.165) is 17.1 Å². The van der Waals surface area contributed by atoms with Crippen molar-refractivity contribution < 1.29 is 4.79 Å². The van der Waals surface area contributed by atoms with Crippen LogP contribution in [0.2, 0.25) is 0 Å². The van der Waals surface area contributed by atoms with E-state index in [0.29, 0.717) is 12.0 Å². The summed E-state index contributed by atoms with van der Waals surface area (Å²) in [4.78, 5) is 16.1. The SMILES string of the molecule is Cc1nc(/C=C/C(=O)NC2CCCCC2C)cs1. The minimum absolute atomic E-state index is 0.000553. The van der Waals surface area contributed by atoms with E-state index in [-0.39, 0.29) is 5.91 Å². The van der Waals surface area contributed by atoms with Gasteiger partial charge in [-0.3, -0.25) is 4.79 Å². The van der Waals surface area contributed by atoms with Crippen molar-refractivity contribution in [1.82, 2.24) is 10.3 Å². The van der Waals surface area contributed by atoms with Gasteiger partial charge in [0.1, 0.15) is 0 Å². The lowest BCUT2D eigenvalue weighted by Crippen LogP contribution is -2.40. The number of aromatic nitrogens is 1. The standard InChI is InChI=1S/C14H20N2OS/c1-10-5-3-4-6-13(10)16-14(17)8-7-12-9-18-11(2)15-12/h7-10,13H,3-6H2,1-2H3,(H,16,17)/b8-7+. The summed E-state index contributed by atoms with van der Waals surface area (Å²) in [5.74, 6) is 0.594. The Morgan fingerprint density at radius 2 is 2.28 bits per heavy atom. The van der Waals surface area contributed by atoms with Gasteiger partial charge >= 0.3 is 0 Å². The Morgan fingerprint density at radius 1 is 1.50 bits per heavy atom. The summed E-state index contributed by atoms with van der Waals surface area (Å²) in [5.41, 5.74) is 0.865. The Balaban J connectivity index is 1.86. The Kier molecular flexibility index (Phi) is 4.53. The molecule has 2 rings (SSSR count). The summed E-state index contributed by atoms with van der Waals surface area (Å²) in [5, 5.41) is 6.08. The van der Waals surface area contributed by atoms with Crippen LogP contribution >= 0.6 is 11.3 Å². The molecule has 0 aromatic carbocycles. The zero-order valence-electron chi connectivity index (χ0n) is 11.0. The topological polar surface area (TPSA) is 42.0 Å². The molecule has 4 heteroatoms. The van der Waals surface area contributed by atoms with Gasteiger partial charge in [-0.05, 0) is 31.8 Å². The van der Waals surface area contributed by atoms with E-state index in [1.54, 1.807) is 23.5 Å². The predicted molar refractivity (Wildman–Crippen MR) is 75.4 cm³/mol. The number of hydrogen-bond donors (Lipinski definition) is 1. The molecule has 18 heavy (non-hydrogen) atoms. The lowest BCUT2D eigenvalue weighted by Gasteiger charge is -2.29. The van der Waals surface area contributed by atoms with Crippen LogP contribution in [0.1, 0.15) is 43.3 Å². The molecule has 3 nitrogen and oxygen atoms in total. The van der Waals surface area contributed by atoms with Crippen LogP contribution in [-0.4, -0.2) is 16.9 Å². The fraction of sp³-hybridized carbons (Fsp3) is 0.571. The van der Waals surface area contributed by atoms with E-state index in [2.05, 4.69) is 17.2 Å². The molecule has 0 aliphatic heterocycles. The lowest BCUT2D eigenvalue weighted by atomic mass is 9.86. The molecule has 0 bridgehead atoms. The van der Waals surface area contributed by atoms with Crippen molar-refractivity contribution in [3.63, 3.8) is 0 Å². The van der Waals surface area contributed by atoms with Gasteiger partial charge in [0.25, 0.3) is 0 Å². The zero-order chi connectivity index (χ0) is 13.0. The highest BCUT2D eigenvalue weighted by Gasteiger charge is 2.21. The van der Waals surface area contributed by atoms with Gasteiger partial charge in [-0.25, -0.2) is 4.98 Å². The summed E-state index contributed by atoms with van der Waals surface area (Å²) in [6.07, 6.45) is 8.23. The Bertz CT molecular complexity index is 439. The minimum atomic E-state index is -0.000553. The average molecular weight is 264 g/mol. The van der Waals surface area contributed by atoms with Crippen LogP contribution in [0.15, 0.2) is 11.5 Å². The van der Waals surface area contributed by atoms with Crippen LogP contribution in [0, 0.1) is 12.8 Å². The molecule has 0 saturated heterocycles. The largest absolute Gasteiger partial charge is 0.350 e. The number of carbonyl (C=O) groups is 1. The van der Waals surface area contributed by atoms with Crippen molar-refractivity contribution in [3.05, 3.63) is 22.2 Å². The monoisotopic (exact) mass is 264 g/mol. The summed E-state index contributed by atoms with van der Waals surface area (Å²) >= 11 is 1.60. The molecule has 1 aliphatic carbocycles. The molecule has 1 heterocycles. The first-order valence-corrected chi connectivity index (χ1v) is 7.44. The predicted octanol–water partition coefficient (Wildman–Crippen LogP) is 3.16. The third-order valence-corrected chi connectivity index (χ3v) is 4.27. The average Bonchev–Trinajstić information content (AvgIpc) is 2.76. The second-order valence-electron chi connectivity index (χ2n) is 5.00. The van der Waals surface area contributed by atoms with Crippen molar-refractivity contribution in [2.75, 3.05) is 0 Å². The van der Waals surface area contributed by atoms with E-state index in [4.69, 9.17) is 0 Å². The maximum absolute atomic E-state index is 11.8. The first-order chi connectivity index (χ1) is 8.65. The molecule has 1 N–H and O–H groups in total. The third-order valence-electron chi connectivity index (χ3n) is 3.48. The number of thiazole rings is 1. The molecule has 2 atom stereocenters. The fourth-order valence-corrected chi connectivity index (χ4v) is 2.96. The number of carbonyl (C=O) groups excluding carboxylic acids is 1. The molecule has 1 aromatic rings. The van der Waals surface area contributed by atoms with Crippen LogP contribution in [0.4, 0.5) is 0 Å². The highest BCUT2D eigenvalue weighted by atomic mass is 32.1. The van der Waals surface area contributed by atoms with Crippen LogP contribution < -0.4 is 5.32 Å². The summed E-state index contributed by atoms with van der Waals surface area (Å²) in [6, 6.07) is 0.341. The molecule has 1 aromatic heterocycles. The van der Waals surface area contributed by atoms with Crippen molar-refractivity contribution >= 4 is 23.3 Å². The molecule has 1 fully saturated rings. The molecule has 1 saturated carbocycles. The Labute approximate surface area is 112 Å². The molecule has 1 aliphatic rings. The molecular formula is C14H20N2OS. The number of aryl methyl sites for hydroxylation is 1. The number of amides is 1. The maximum atomic E-state index is 11.8. The Hall–Kier alpha value is -1.16. The van der Waals surface area contributed by atoms with Crippen molar-refractivity contribution in [1.29, 1.82) is 0 Å². The van der Waals surface area contributed by atoms with Crippen molar-refractivity contribution in [3.8, 4) is 0 Å². The van der Waals surface area contributed by atoms with Crippen LogP contribution in [0.3, 0.4) is 0 Å². The van der Waals surface area contributed by atoms with Crippen LogP contribution in [0.5, 0.6) is 0 Å². The highest BCUT2D eigenvalue weighted by Crippen LogP contribution is 2.23. The maximum Gasteiger partial charge on any atom is 0.244 e. The number of rotatable bonds is 3. The van der Waals surface area contributed by atoms with Gasteiger partial charge in [-0.2, -0.15) is 0 Å². The highest BCUT2D eigenvalue weighted by molar-refractivity contribution is 7.09. The fourth-order valence-electron chi connectivity index (χ4n) is 2.38. The number of nitrogens with one attached hydrogen (secondary N) is 1. The van der Waals surface area contributed by atoms with Gasteiger partial charge in [0.05, 0.1) is 10.7 Å². The van der Waals surface area contributed by atoms with Gasteiger partial charge in [-0.1, -0.05) is 19.8 Å². The minimum Gasteiger partial charge on any atom is -0.350 e. The van der Waals surface area contributed by atoms with E-state index in [1.807, 2.05) is 12.3 Å². The molecule has 0 radical (unpaired) electrons. The van der Waals surface area contributed by atoms with Crippen molar-refractivity contribution in [2.24, 2.45) is 5.92 Å². The first-order valence-electron chi connectivity index (χ1n) is 6.56. The summed E-state index contributed by atoms with van der Waals surface area (Å²) < 4.78 is 0. The van der Waals surface area contributed by atoms with Gasteiger partial charge in [0, 0.05) is 17.5 Å². The molecule has 1 amide bonds. The second-order valence-corrected chi connectivity index (χ2v) is 6.06. The normalized spacial score (nSPS) is 24.3. The van der Waals surface area contributed by atoms with E-state index in [1.165, 1.54) is 19.3 Å². The summed E-state index contributed by atoms with van der Waals surface area (Å²) in [6.45, 7) is 4.18. The molecular weight excluding hydrogens is 244 g/mol. The van der Waals surface area contributed by atoms with Gasteiger partial charge in [0.2, 0.25) is 5.91 Å². The Morgan fingerprint density at radius 3 is 2.94 bits per heavy atom. The lowest BCUT2D eigenvalue weighted by molar-refractivity contribution is -0.117. The number of nitrogens with zero attached hydrogens (tertiary/aromatic N) is 1. The second kappa shape index (κ2) is 6.14. The van der Waals surface area contributed by atoms with Crippen molar-refractivity contribution in [2.45, 2.75) is 45.6 Å². The van der Waals surface area contributed by atoms with E-state index in [9.17, 15) is 4.79 Å². The molecule has 2 unspecified atom stereocenters. The summed E-state index contributed by atoms with van der Waals surface area (Å²) in [7, 11) is 0. The smallest absolute Gasteiger partial charge is 0.244 e. The van der Waals surface area contributed by atoms with Gasteiger partial charge in [0.15, 0.2) is 0 Å².